The van der Waals surface area contributed by atoms with Crippen LogP contribution in [0.1, 0.15) is 16.8 Å². The van der Waals surface area contributed by atoms with Crippen LogP contribution in [-0.2, 0) is 23.2 Å². The van der Waals surface area contributed by atoms with Crippen molar-refractivity contribution in [2.75, 3.05) is 12.4 Å². The van der Waals surface area contributed by atoms with E-state index in [9.17, 15) is 14.4 Å². The zero-order valence-corrected chi connectivity index (χ0v) is 22.2. The van der Waals surface area contributed by atoms with Crippen molar-refractivity contribution in [1.82, 2.24) is 19.8 Å². The van der Waals surface area contributed by atoms with E-state index in [1.54, 1.807) is 62.2 Å². The van der Waals surface area contributed by atoms with Gasteiger partial charge in [0.1, 0.15) is 17.5 Å². The van der Waals surface area contributed by atoms with Crippen LogP contribution in [0.2, 0.25) is 0 Å². The van der Waals surface area contributed by atoms with E-state index in [-0.39, 0.29) is 17.8 Å². The van der Waals surface area contributed by atoms with Crippen LogP contribution in [0.15, 0.2) is 93.1 Å². The Morgan fingerprint density at radius 2 is 1.88 bits per heavy atom. The van der Waals surface area contributed by atoms with Crippen molar-refractivity contribution in [2.24, 2.45) is 22.5 Å². The first-order valence-corrected chi connectivity index (χ1v) is 12.5. The van der Waals surface area contributed by atoms with Gasteiger partial charge < -0.3 is 10.1 Å². The van der Waals surface area contributed by atoms with Gasteiger partial charge in [0.2, 0.25) is 0 Å². The monoisotopic (exact) mass is 540 g/mol. The number of aromatic nitrogens is 2. The molecule has 2 heterocycles. The van der Waals surface area contributed by atoms with Crippen LogP contribution in [0.25, 0.3) is 5.69 Å². The number of hydrogen-bond acceptors (Lipinski definition) is 8. The summed E-state index contributed by atoms with van der Waals surface area (Å²) in [6, 6.07) is 14.4. The number of fused-ring (bicyclic) bond motifs is 1. The minimum absolute atomic E-state index is 0.0111. The van der Waals surface area contributed by atoms with Gasteiger partial charge in [-0.05, 0) is 42.8 Å². The molecule has 1 aliphatic heterocycles. The Morgan fingerprint density at radius 3 is 2.65 bits per heavy atom. The number of para-hydroxylation sites is 1. The molecule has 3 aromatic rings. The molecular weight excluding hydrogens is 512 g/mol. The van der Waals surface area contributed by atoms with E-state index >= 15 is 0 Å². The Bertz CT molecular complexity index is 1620. The Hall–Kier alpha value is -5.26. The number of benzene rings is 2. The molecule has 1 aliphatic carbocycles. The summed E-state index contributed by atoms with van der Waals surface area (Å²) in [7, 11) is 3.28. The predicted molar refractivity (Wildman–Crippen MR) is 149 cm³/mol. The maximum Gasteiger partial charge on any atom is 0.329 e. The summed E-state index contributed by atoms with van der Waals surface area (Å²) >= 11 is 0. The van der Waals surface area contributed by atoms with E-state index in [1.165, 1.54) is 10.9 Å². The first-order chi connectivity index (χ1) is 19.4. The number of ether oxygens (including phenoxy) is 1. The quantitative estimate of drug-likeness (QED) is 0.270. The third kappa shape index (κ3) is 5.19. The molecule has 0 saturated carbocycles. The zero-order valence-electron chi connectivity index (χ0n) is 22.2. The fraction of sp³-hybridized carbons (Fsp3) is 0.214. The fourth-order valence-corrected chi connectivity index (χ4v) is 4.56. The zero-order chi connectivity index (χ0) is 28.2. The number of hydrazone groups is 1. The van der Waals surface area contributed by atoms with Gasteiger partial charge in [-0.15, -0.1) is 0 Å². The van der Waals surface area contributed by atoms with E-state index < -0.39 is 17.4 Å². The molecule has 2 unspecified atom stereocenters. The topological polar surface area (TPSA) is 135 Å². The molecule has 2 aliphatic rings. The molecule has 2 N–H and O–H groups in total. The number of methoxy groups -OCH3 is 1. The Labute approximate surface area is 229 Å². The molecule has 5 rings (SSSR count). The first-order valence-electron chi connectivity index (χ1n) is 12.5. The third-order valence-electron chi connectivity index (χ3n) is 6.74. The lowest BCUT2D eigenvalue weighted by molar-refractivity contribution is -0.136. The van der Waals surface area contributed by atoms with E-state index in [0.29, 0.717) is 29.2 Å². The molecule has 2 amide bonds. The Balaban J connectivity index is 1.24. The van der Waals surface area contributed by atoms with E-state index in [0.717, 1.165) is 5.56 Å². The molecule has 0 saturated heterocycles. The van der Waals surface area contributed by atoms with E-state index in [1.807, 2.05) is 35.4 Å². The van der Waals surface area contributed by atoms with Crippen molar-refractivity contribution in [1.29, 1.82) is 0 Å². The second-order valence-electron chi connectivity index (χ2n) is 9.21. The van der Waals surface area contributed by atoms with Crippen molar-refractivity contribution >= 4 is 23.7 Å². The molecule has 0 radical (unpaired) electrons. The minimum Gasteiger partial charge on any atom is -0.496 e. The van der Waals surface area contributed by atoms with Gasteiger partial charge in [0.15, 0.2) is 0 Å². The average molecular weight is 541 g/mol. The average Bonchev–Trinajstić information content (AvgIpc) is 3.47. The highest BCUT2D eigenvalue weighted by Crippen LogP contribution is 2.28. The number of hydrogen-bond donors (Lipinski definition) is 2. The second kappa shape index (κ2) is 11.2. The highest BCUT2D eigenvalue weighted by Gasteiger charge is 2.30. The maximum atomic E-state index is 13.0. The molecule has 12 heteroatoms. The maximum absolute atomic E-state index is 13.0. The number of carbonyl (C=O) groups excluding carboxylic acids is 2. The number of carbonyl (C=O) groups is 2. The molecule has 0 spiro atoms. The number of nitrogens with zero attached hydrogens (tertiary/aromatic N) is 6. The Morgan fingerprint density at radius 1 is 1.10 bits per heavy atom. The molecule has 2 aromatic carbocycles. The van der Waals surface area contributed by atoms with E-state index in [4.69, 9.17) is 4.74 Å². The largest absolute Gasteiger partial charge is 0.496 e. The SMILES string of the molecule is COc1ccc(C=NNC(=O)C(=O)Nc2c(C)n(C)n(-c3ccccc3)c2=O)cc1CN1N=NC2C=CC=CC21. The molecule has 40 heavy (non-hydrogen) atoms. The van der Waals surface area contributed by atoms with Crippen LogP contribution >= 0.6 is 0 Å². The smallest absolute Gasteiger partial charge is 0.329 e. The standard InChI is InChI=1S/C28H28N8O4/c1-18-25(28(39)36(34(18)2)21-9-5-4-6-10-21)30-26(37)27(38)32-29-16-19-13-14-24(40-3)20(15-19)17-35-23-12-8-7-11-22(23)31-33-35/h4-16,22-23H,17H2,1-3H3,(H,30,37)(H,32,38). The number of rotatable bonds is 7. The van der Waals surface area contributed by atoms with Gasteiger partial charge >= 0.3 is 11.8 Å². The van der Waals surface area contributed by atoms with Gasteiger partial charge in [-0.25, -0.2) is 10.1 Å². The van der Waals surface area contributed by atoms with Gasteiger partial charge in [-0.3, -0.25) is 24.1 Å². The molecule has 12 nitrogen and oxygen atoms in total. The molecule has 1 aromatic heterocycles. The summed E-state index contributed by atoms with van der Waals surface area (Å²) in [4.78, 5) is 38.0. The van der Waals surface area contributed by atoms with Crippen LogP contribution in [0.4, 0.5) is 5.69 Å². The van der Waals surface area contributed by atoms with Gasteiger partial charge in [0.25, 0.3) is 5.56 Å². The van der Waals surface area contributed by atoms with Crippen molar-refractivity contribution in [2.45, 2.75) is 25.6 Å². The summed E-state index contributed by atoms with van der Waals surface area (Å²) in [5.74, 6) is -1.35. The lowest BCUT2D eigenvalue weighted by Crippen LogP contribution is -2.34. The van der Waals surface area contributed by atoms with Crippen molar-refractivity contribution in [3.05, 3.63) is 100 Å². The highest BCUT2D eigenvalue weighted by atomic mass is 16.5. The van der Waals surface area contributed by atoms with Crippen molar-refractivity contribution in [3.63, 3.8) is 0 Å². The second-order valence-corrected chi connectivity index (χ2v) is 9.21. The molecule has 0 bridgehead atoms. The normalized spacial score (nSPS) is 17.3. The first kappa shape index (κ1) is 26.4. The molecule has 0 fully saturated rings. The van der Waals surface area contributed by atoms with Crippen LogP contribution in [0, 0.1) is 6.92 Å². The fourth-order valence-electron chi connectivity index (χ4n) is 4.56. The highest BCUT2D eigenvalue weighted by molar-refractivity contribution is 6.39. The summed E-state index contributed by atoms with van der Waals surface area (Å²) < 4.78 is 8.52. The molecular formula is C28H28N8O4. The third-order valence-corrected chi connectivity index (χ3v) is 6.74. The van der Waals surface area contributed by atoms with Crippen molar-refractivity contribution in [3.8, 4) is 11.4 Å². The summed E-state index contributed by atoms with van der Waals surface area (Å²) in [6.07, 6.45) is 9.41. The summed E-state index contributed by atoms with van der Waals surface area (Å²) in [6.45, 7) is 2.14. The Kier molecular flexibility index (Phi) is 7.40. The molecule has 204 valence electrons. The number of anilines is 1. The van der Waals surface area contributed by atoms with Crippen LogP contribution in [0.5, 0.6) is 5.75 Å². The summed E-state index contributed by atoms with van der Waals surface area (Å²) in [5, 5.41) is 16.8. The van der Waals surface area contributed by atoms with Gasteiger partial charge in [-0.2, -0.15) is 10.2 Å². The van der Waals surface area contributed by atoms with Gasteiger partial charge in [0.05, 0.1) is 37.3 Å². The van der Waals surface area contributed by atoms with Crippen LogP contribution in [0.3, 0.4) is 0 Å². The van der Waals surface area contributed by atoms with Crippen LogP contribution < -0.4 is 21.0 Å². The molecule has 2 atom stereocenters. The number of nitrogens with one attached hydrogen (secondary N) is 2. The van der Waals surface area contributed by atoms with Crippen molar-refractivity contribution < 1.29 is 14.3 Å². The minimum atomic E-state index is -1.01. The number of allylic oxidation sites excluding steroid dienone is 2. The number of amides is 2. The van der Waals surface area contributed by atoms with Crippen LogP contribution in [-0.4, -0.2) is 51.6 Å². The van der Waals surface area contributed by atoms with Gasteiger partial charge in [-0.1, -0.05) is 47.7 Å². The van der Waals surface area contributed by atoms with Gasteiger partial charge in [0, 0.05) is 12.6 Å². The summed E-state index contributed by atoms with van der Waals surface area (Å²) in [5.41, 5.74) is 4.42. The van der Waals surface area contributed by atoms with E-state index in [2.05, 4.69) is 32.3 Å². The lowest BCUT2D eigenvalue weighted by Gasteiger charge is -2.24. The lowest BCUT2D eigenvalue weighted by atomic mass is 10.0. The predicted octanol–water partition coefficient (Wildman–Crippen LogP) is 2.63.